The van der Waals surface area contributed by atoms with Crippen molar-refractivity contribution in [2.24, 2.45) is 0 Å². The molecular formula is C18H22N4O2S. The van der Waals surface area contributed by atoms with Gasteiger partial charge in [-0.05, 0) is 18.6 Å². The number of H-pyrrole nitrogens is 1. The maximum absolute atomic E-state index is 12.2. The van der Waals surface area contributed by atoms with Crippen LogP contribution in [0.25, 0.3) is 11.3 Å². The van der Waals surface area contributed by atoms with Gasteiger partial charge in [0.1, 0.15) is 11.6 Å². The van der Waals surface area contributed by atoms with E-state index in [4.69, 9.17) is 5.11 Å². The largest absolute Gasteiger partial charge is 0.396 e. The molecule has 6 nitrogen and oxygen atoms in total. The monoisotopic (exact) mass is 358 g/mol. The summed E-state index contributed by atoms with van der Waals surface area (Å²) in [6, 6.07) is 5.65. The maximum atomic E-state index is 12.2. The number of rotatable bonds is 5. The molecule has 2 rings (SSSR count). The number of aromatic nitrogens is 3. The second-order valence-corrected chi connectivity index (χ2v) is 8.26. The molecule has 1 unspecified atom stereocenters. The van der Waals surface area contributed by atoms with E-state index in [0.29, 0.717) is 22.8 Å². The zero-order valence-electron chi connectivity index (χ0n) is 14.8. The van der Waals surface area contributed by atoms with Crippen LogP contribution in [0.3, 0.4) is 0 Å². The summed E-state index contributed by atoms with van der Waals surface area (Å²) in [5, 5.41) is 18.9. The van der Waals surface area contributed by atoms with Crippen molar-refractivity contribution >= 4 is 11.8 Å². The number of hydrogen-bond donors (Lipinski definition) is 2. The Morgan fingerprint density at radius 3 is 2.64 bits per heavy atom. The van der Waals surface area contributed by atoms with Crippen molar-refractivity contribution in [3.63, 3.8) is 0 Å². The fourth-order valence-electron chi connectivity index (χ4n) is 2.23. The van der Waals surface area contributed by atoms with Gasteiger partial charge in [-0.25, -0.2) is 4.98 Å². The Kier molecular flexibility index (Phi) is 5.98. The average molecular weight is 358 g/mol. The van der Waals surface area contributed by atoms with Crippen LogP contribution in [0.15, 0.2) is 28.3 Å². The van der Waals surface area contributed by atoms with E-state index in [1.165, 1.54) is 11.8 Å². The summed E-state index contributed by atoms with van der Waals surface area (Å²) < 4.78 is 0. The van der Waals surface area contributed by atoms with Gasteiger partial charge in [0.05, 0.1) is 5.69 Å². The normalized spacial score (nSPS) is 12.6. The van der Waals surface area contributed by atoms with E-state index >= 15 is 0 Å². The molecule has 0 bridgehead atoms. The Bertz CT molecular complexity index is 832. The molecule has 0 spiro atoms. The molecule has 132 valence electrons. The van der Waals surface area contributed by atoms with Gasteiger partial charge in [0.15, 0.2) is 5.16 Å². The van der Waals surface area contributed by atoms with Crippen LogP contribution in [-0.2, 0) is 5.41 Å². The fraction of sp³-hybridized carbons (Fsp3) is 0.444. The molecule has 0 aromatic carbocycles. The third kappa shape index (κ3) is 4.68. The van der Waals surface area contributed by atoms with Gasteiger partial charge in [-0.15, -0.1) is 0 Å². The summed E-state index contributed by atoms with van der Waals surface area (Å²) in [7, 11) is 0. The van der Waals surface area contributed by atoms with Crippen LogP contribution in [0.1, 0.15) is 45.4 Å². The Labute approximate surface area is 151 Å². The third-order valence-corrected chi connectivity index (χ3v) is 4.72. The highest BCUT2D eigenvalue weighted by atomic mass is 32.2. The van der Waals surface area contributed by atoms with Crippen LogP contribution in [0.2, 0.25) is 0 Å². The zero-order chi connectivity index (χ0) is 18.6. The van der Waals surface area contributed by atoms with E-state index in [1.807, 2.05) is 25.1 Å². The number of aliphatic hydroxyl groups is 1. The molecule has 0 amide bonds. The Morgan fingerprint density at radius 2 is 2.12 bits per heavy atom. The molecule has 0 aliphatic rings. The molecule has 2 heterocycles. The molecular weight excluding hydrogens is 336 g/mol. The summed E-state index contributed by atoms with van der Waals surface area (Å²) in [5.74, 6) is 0. The van der Waals surface area contributed by atoms with Gasteiger partial charge in [-0.3, -0.25) is 9.78 Å². The molecule has 2 aromatic heterocycles. The lowest BCUT2D eigenvalue weighted by Crippen LogP contribution is -2.16. The number of thioether (sulfide) groups is 1. The van der Waals surface area contributed by atoms with Crippen LogP contribution in [0.5, 0.6) is 0 Å². The average Bonchev–Trinajstić information content (AvgIpc) is 2.54. The lowest BCUT2D eigenvalue weighted by Gasteiger charge is -2.17. The zero-order valence-corrected chi connectivity index (χ0v) is 15.6. The Hall–Kier alpha value is -2.17. The molecule has 25 heavy (non-hydrogen) atoms. The third-order valence-electron chi connectivity index (χ3n) is 3.66. The first kappa shape index (κ1) is 19.2. The van der Waals surface area contributed by atoms with Crippen molar-refractivity contribution in [3.05, 3.63) is 39.9 Å². The summed E-state index contributed by atoms with van der Waals surface area (Å²) in [6.07, 6.45) is 2.24. The van der Waals surface area contributed by atoms with E-state index in [0.717, 1.165) is 5.69 Å². The molecule has 7 heteroatoms. The molecule has 0 radical (unpaired) electrons. The highest BCUT2D eigenvalue weighted by Crippen LogP contribution is 2.26. The van der Waals surface area contributed by atoms with Crippen molar-refractivity contribution in [1.29, 1.82) is 5.26 Å². The summed E-state index contributed by atoms with van der Waals surface area (Å²) in [4.78, 5) is 23.8. The van der Waals surface area contributed by atoms with E-state index in [9.17, 15) is 10.1 Å². The molecule has 0 aliphatic carbocycles. The van der Waals surface area contributed by atoms with Crippen LogP contribution >= 0.6 is 11.8 Å². The number of aromatic amines is 1. The first-order valence-corrected chi connectivity index (χ1v) is 8.93. The molecule has 0 saturated heterocycles. The highest BCUT2D eigenvalue weighted by molar-refractivity contribution is 7.99. The van der Waals surface area contributed by atoms with Gasteiger partial charge >= 0.3 is 0 Å². The predicted octanol–water partition coefficient (Wildman–Crippen LogP) is 2.86. The second-order valence-electron chi connectivity index (χ2n) is 6.83. The first-order valence-electron chi connectivity index (χ1n) is 8.05. The predicted molar refractivity (Wildman–Crippen MR) is 98.5 cm³/mol. The number of aliphatic hydroxyl groups excluding tert-OH is 1. The Morgan fingerprint density at radius 1 is 1.40 bits per heavy atom. The molecule has 0 aliphatic heterocycles. The maximum Gasteiger partial charge on any atom is 0.270 e. The van der Waals surface area contributed by atoms with E-state index in [2.05, 4.69) is 35.7 Å². The number of nitrogens with zero attached hydrogens (tertiary/aromatic N) is 3. The highest BCUT2D eigenvalue weighted by Gasteiger charge is 2.18. The SMILES string of the molecule is CC(CCO)Sc1nc(-c2ccc(C(C)(C)C)nc2)c(C#N)c(=O)[nH]1. The van der Waals surface area contributed by atoms with Gasteiger partial charge in [0.2, 0.25) is 0 Å². The summed E-state index contributed by atoms with van der Waals surface area (Å²) in [5.41, 5.74) is 1.31. The number of pyridine rings is 1. The number of nitrogens with one attached hydrogen (secondary N) is 1. The smallest absolute Gasteiger partial charge is 0.270 e. The van der Waals surface area contributed by atoms with Crippen molar-refractivity contribution < 1.29 is 5.11 Å². The Balaban J connectivity index is 2.47. The van der Waals surface area contributed by atoms with Crippen molar-refractivity contribution in [2.45, 2.75) is 49.9 Å². The number of nitriles is 1. The topological polar surface area (TPSA) is 103 Å². The minimum Gasteiger partial charge on any atom is -0.396 e. The molecule has 2 N–H and O–H groups in total. The molecule has 2 aromatic rings. The van der Waals surface area contributed by atoms with Crippen molar-refractivity contribution in [3.8, 4) is 17.3 Å². The van der Waals surface area contributed by atoms with E-state index in [-0.39, 0.29) is 22.8 Å². The quantitative estimate of drug-likeness (QED) is 0.629. The van der Waals surface area contributed by atoms with Gasteiger partial charge in [0.25, 0.3) is 5.56 Å². The van der Waals surface area contributed by atoms with Crippen molar-refractivity contribution in [1.82, 2.24) is 15.0 Å². The minimum atomic E-state index is -0.467. The fourth-order valence-corrected chi connectivity index (χ4v) is 3.13. The van der Waals surface area contributed by atoms with E-state index < -0.39 is 5.56 Å². The van der Waals surface area contributed by atoms with Gasteiger partial charge in [-0.1, -0.05) is 39.5 Å². The second kappa shape index (κ2) is 7.81. The standard InChI is InChI=1S/C18H22N4O2S/c1-11(7-8-23)25-17-21-15(13(9-19)16(24)22-17)12-5-6-14(20-10-12)18(2,3)4/h5-6,10-11,23H,7-8H2,1-4H3,(H,21,22,24). The van der Waals surface area contributed by atoms with E-state index in [1.54, 1.807) is 6.20 Å². The van der Waals surface area contributed by atoms with Gasteiger partial charge in [-0.2, -0.15) is 5.26 Å². The number of hydrogen-bond acceptors (Lipinski definition) is 6. The lowest BCUT2D eigenvalue weighted by atomic mass is 9.91. The lowest BCUT2D eigenvalue weighted by molar-refractivity contribution is 0.289. The molecule has 1 atom stereocenters. The van der Waals surface area contributed by atoms with Crippen LogP contribution in [-0.4, -0.2) is 31.9 Å². The molecule has 0 saturated carbocycles. The van der Waals surface area contributed by atoms with Crippen molar-refractivity contribution in [2.75, 3.05) is 6.61 Å². The molecule has 0 fully saturated rings. The van der Waals surface area contributed by atoms with Crippen LogP contribution in [0.4, 0.5) is 0 Å². The van der Waals surface area contributed by atoms with Crippen LogP contribution < -0.4 is 5.56 Å². The first-order chi connectivity index (χ1) is 11.8. The van der Waals surface area contributed by atoms with Crippen LogP contribution in [0, 0.1) is 11.3 Å². The summed E-state index contributed by atoms with van der Waals surface area (Å²) >= 11 is 1.36. The minimum absolute atomic E-state index is 0.0236. The van der Waals surface area contributed by atoms with Gasteiger partial charge in [0, 0.05) is 34.7 Å². The van der Waals surface area contributed by atoms with Gasteiger partial charge < -0.3 is 10.1 Å². The summed E-state index contributed by atoms with van der Waals surface area (Å²) in [6.45, 7) is 8.22.